The van der Waals surface area contributed by atoms with Crippen LogP contribution in [0.5, 0.6) is 0 Å². The van der Waals surface area contributed by atoms with Gasteiger partial charge in [0.05, 0.1) is 0 Å². The molecule has 0 aliphatic carbocycles. The molecule has 98 valence electrons. The molecule has 0 radical (unpaired) electrons. The third kappa shape index (κ3) is 2.63. The molecule has 1 aliphatic rings. The zero-order chi connectivity index (χ0) is 13.1. The number of rotatable bonds is 3. The van der Waals surface area contributed by atoms with Crippen molar-refractivity contribution in [3.05, 3.63) is 34.2 Å². The third-order valence-electron chi connectivity index (χ3n) is 3.62. The van der Waals surface area contributed by atoms with E-state index in [1.165, 1.54) is 23.5 Å². The van der Waals surface area contributed by atoms with Crippen LogP contribution in [-0.2, 0) is 7.05 Å². The fourth-order valence-electron chi connectivity index (χ4n) is 2.53. The zero-order valence-electron chi connectivity index (χ0n) is 11.1. The topological polar surface area (TPSA) is 42.3 Å². The summed E-state index contributed by atoms with van der Waals surface area (Å²) in [6.45, 7) is 3.83. The van der Waals surface area contributed by atoms with Crippen molar-refractivity contribution in [1.29, 1.82) is 0 Å². The van der Waals surface area contributed by atoms with Gasteiger partial charge < -0.3 is 9.47 Å². The maximum absolute atomic E-state index is 12.2. The number of carbonyl (C=O) groups excluding carboxylic acids is 1. The lowest BCUT2D eigenvalue weighted by Crippen LogP contribution is -2.30. The fourth-order valence-corrected chi connectivity index (χ4v) is 2.53. The standard InChI is InChI=1S/C14H20N2O2/c1-3-4-11-5-8-16(10-11)14(18)12-6-7-15(2)13(17)9-12/h6-7,9,11H,3-5,8,10H2,1-2H3. The molecule has 1 aromatic heterocycles. The largest absolute Gasteiger partial charge is 0.338 e. The van der Waals surface area contributed by atoms with Gasteiger partial charge in [0.15, 0.2) is 0 Å². The summed E-state index contributed by atoms with van der Waals surface area (Å²) in [5.74, 6) is 0.622. The van der Waals surface area contributed by atoms with Crippen molar-refractivity contribution in [3.63, 3.8) is 0 Å². The average molecular weight is 248 g/mol. The van der Waals surface area contributed by atoms with Crippen LogP contribution in [0.4, 0.5) is 0 Å². The van der Waals surface area contributed by atoms with E-state index in [1.807, 2.05) is 4.90 Å². The van der Waals surface area contributed by atoms with Gasteiger partial charge in [-0.05, 0) is 24.8 Å². The molecule has 2 heterocycles. The van der Waals surface area contributed by atoms with Crippen molar-refractivity contribution >= 4 is 5.91 Å². The van der Waals surface area contributed by atoms with Crippen molar-refractivity contribution < 1.29 is 4.79 Å². The minimum absolute atomic E-state index is 0.00805. The van der Waals surface area contributed by atoms with Gasteiger partial charge in [0, 0.05) is 38.0 Å². The summed E-state index contributed by atoms with van der Waals surface area (Å²) < 4.78 is 1.47. The van der Waals surface area contributed by atoms with Gasteiger partial charge in [-0.15, -0.1) is 0 Å². The Morgan fingerprint density at radius 1 is 1.50 bits per heavy atom. The highest BCUT2D eigenvalue weighted by Crippen LogP contribution is 2.22. The first-order chi connectivity index (χ1) is 8.61. The Balaban J connectivity index is 2.08. The van der Waals surface area contributed by atoms with Gasteiger partial charge in [-0.3, -0.25) is 9.59 Å². The second-order valence-corrected chi connectivity index (χ2v) is 5.06. The lowest BCUT2D eigenvalue weighted by atomic mass is 10.0. The number of amides is 1. The first-order valence-corrected chi connectivity index (χ1v) is 6.57. The number of pyridine rings is 1. The number of carbonyl (C=O) groups is 1. The highest BCUT2D eigenvalue weighted by atomic mass is 16.2. The van der Waals surface area contributed by atoms with Crippen LogP contribution in [0.3, 0.4) is 0 Å². The molecule has 1 aromatic rings. The SMILES string of the molecule is CCCC1CCN(C(=O)c2ccn(C)c(=O)c2)C1. The number of aryl methyl sites for hydroxylation is 1. The van der Waals surface area contributed by atoms with Crippen LogP contribution < -0.4 is 5.56 Å². The Bertz CT molecular complexity index is 493. The van der Waals surface area contributed by atoms with Crippen LogP contribution in [0.1, 0.15) is 36.5 Å². The second-order valence-electron chi connectivity index (χ2n) is 5.06. The van der Waals surface area contributed by atoms with Crippen LogP contribution in [0.15, 0.2) is 23.1 Å². The summed E-state index contributed by atoms with van der Waals surface area (Å²) in [6, 6.07) is 3.15. The van der Waals surface area contributed by atoms with Gasteiger partial charge >= 0.3 is 0 Å². The zero-order valence-corrected chi connectivity index (χ0v) is 11.1. The van der Waals surface area contributed by atoms with Crippen LogP contribution in [-0.4, -0.2) is 28.5 Å². The minimum atomic E-state index is -0.134. The molecule has 18 heavy (non-hydrogen) atoms. The van der Waals surface area contributed by atoms with Crippen LogP contribution in [0.25, 0.3) is 0 Å². The maximum atomic E-state index is 12.2. The second kappa shape index (κ2) is 5.38. The van der Waals surface area contributed by atoms with E-state index in [9.17, 15) is 9.59 Å². The Labute approximate surface area is 107 Å². The molecule has 1 atom stereocenters. The number of hydrogen-bond acceptors (Lipinski definition) is 2. The van der Waals surface area contributed by atoms with E-state index in [4.69, 9.17) is 0 Å². The van der Waals surface area contributed by atoms with E-state index in [1.54, 1.807) is 19.3 Å². The van der Waals surface area contributed by atoms with Gasteiger partial charge in [-0.2, -0.15) is 0 Å². The Morgan fingerprint density at radius 2 is 2.28 bits per heavy atom. The maximum Gasteiger partial charge on any atom is 0.254 e. The number of hydrogen-bond donors (Lipinski definition) is 0. The Kier molecular flexibility index (Phi) is 3.84. The van der Waals surface area contributed by atoms with Crippen molar-refractivity contribution in [2.24, 2.45) is 13.0 Å². The molecular formula is C14H20N2O2. The van der Waals surface area contributed by atoms with Crippen LogP contribution >= 0.6 is 0 Å². The highest BCUT2D eigenvalue weighted by molar-refractivity contribution is 5.94. The monoisotopic (exact) mass is 248 g/mol. The van der Waals surface area contributed by atoms with Gasteiger partial charge in [-0.1, -0.05) is 13.3 Å². The Morgan fingerprint density at radius 3 is 2.94 bits per heavy atom. The summed E-state index contributed by atoms with van der Waals surface area (Å²) in [5, 5.41) is 0. The van der Waals surface area contributed by atoms with Gasteiger partial charge in [-0.25, -0.2) is 0 Å². The van der Waals surface area contributed by atoms with E-state index < -0.39 is 0 Å². The summed E-state index contributed by atoms with van der Waals surface area (Å²) in [5.41, 5.74) is 0.375. The molecular weight excluding hydrogens is 228 g/mol. The molecule has 1 saturated heterocycles. The van der Waals surface area contributed by atoms with Gasteiger partial charge in [0.25, 0.3) is 11.5 Å². The molecule has 0 aromatic carbocycles. The number of nitrogens with zero attached hydrogens (tertiary/aromatic N) is 2. The molecule has 0 saturated carbocycles. The van der Waals surface area contributed by atoms with E-state index in [0.29, 0.717) is 11.5 Å². The van der Waals surface area contributed by atoms with Crippen molar-refractivity contribution in [1.82, 2.24) is 9.47 Å². The molecule has 2 rings (SSSR count). The normalized spacial score (nSPS) is 19.2. The quantitative estimate of drug-likeness (QED) is 0.816. The lowest BCUT2D eigenvalue weighted by molar-refractivity contribution is 0.0786. The first-order valence-electron chi connectivity index (χ1n) is 6.57. The molecule has 1 aliphatic heterocycles. The smallest absolute Gasteiger partial charge is 0.254 e. The van der Waals surface area contributed by atoms with E-state index in [-0.39, 0.29) is 11.5 Å². The predicted octanol–water partition coefficient (Wildman–Crippen LogP) is 1.65. The molecule has 1 fully saturated rings. The number of aromatic nitrogens is 1. The predicted molar refractivity (Wildman–Crippen MR) is 70.6 cm³/mol. The molecule has 4 nitrogen and oxygen atoms in total. The minimum Gasteiger partial charge on any atom is -0.338 e. The molecule has 4 heteroatoms. The van der Waals surface area contributed by atoms with Crippen LogP contribution in [0, 0.1) is 5.92 Å². The van der Waals surface area contributed by atoms with Crippen LogP contribution in [0.2, 0.25) is 0 Å². The molecule has 1 amide bonds. The molecule has 0 bridgehead atoms. The Hall–Kier alpha value is -1.58. The van der Waals surface area contributed by atoms with E-state index >= 15 is 0 Å². The molecule has 1 unspecified atom stereocenters. The highest BCUT2D eigenvalue weighted by Gasteiger charge is 2.26. The van der Waals surface area contributed by atoms with Crippen molar-refractivity contribution in [2.75, 3.05) is 13.1 Å². The lowest BCUT2D eigenvalue weighted by Gasteiger charge is -2.16. The summed E-state index contributed by atoms with van der Waals surface area (Å²) in [7, 11) is 1.68. The molecule has 0 N–H and O–H groups in total. The fraction of sp³-hybridized carbons (Fsp3) is 0.571. The van der Waals surface area contributed by atoms with E-state index in [2.05, 4.69) is 6.92 Å². The summed E-state index contributed by atoms with van der Waals surface area (Å²) >= 11 is 0. The van der Waals surface area contributed by atoms with Crippen molar-refractivity contribution in [2.45, 2.75) is 26.2 Å². The van der Waals surface area contributed by atoms with E-state index in [0.717, 1.165) is 19.5 Å². The average Bonchev–Trinajstić information content (AvgIpc) is 2.81. The van der Waals surface area contributed by atoms with Gasteiger partial charge in [0.1, 0.15) is 0 Å². The first kappa shape index (κ1) is 12.9. The summed E-state index contributed by atoms with van der Waals surface area (Å²) in [4.78, 5) is 25.6. The summed E-state index contributed by atoms with van der Waals surface area (Å²) in [6.07, 6.45) is 5.08. The number of likely N-dealkylation sites (tertiary alicyclic amines) is 1. The van der Waals surface area contributed by atoms with Gasteiger partial charge in [0.2, 0.25) is 0 Å². The van der Waals surface area contributed by atoms with Crippen molar-refractivity contribution in [3.8, 4) is 0 Å². The molecule has 0 spiro atoms. The third-order valence-corrected chi connectivity index (χ3v) is 3.62.